The summed E-state index contributed by atoms with van der Waals surface area (Å²) in [6, 6.07) is 7.37. The van der Waals surface area contributed by atoms with Gasteiger partial charge in [-0.05, 0) is 12.1 Å². The van der Waals surface area contributed by atoms with Crippen molar-refractivity contribution in [3.05, 3.63) is 29.8 Å². The smallest absolute Gasteiger partial charge is 0.172 e. The summed E-state index contributed by atoms with van der Waals surface area (Å²) in [7, 11) is 1.59. The van der Waals surface area contributed by atoms with Crippen LogP contribution in [-0.2, 0) is 0 Å². The standard InChI is InChI=1S/C11H13NO2/c1-14-10-5-3-2-4-9(10)11(13)8-6-12-7-8/h2-5,8,12H,6-7H2,1H3. The molecular formula is C11H13NO2. The number of ether oxygens (including phenoxy) is 1. The number of hydrogen-bond acceptors (Lipinski definition) is 3. The maximum atomic E-state index is 11.9. The molecule has 1 fully saturated rings. The van der Waals surface area contributed by atoms with Crippen molar-refractivity contribution in [2.45, 2.75) is 0 Å². The van der Waals surface area contributed by atoms with Gasteiger partial charge in [0, 0.05) is 19.0 Å². The highest BCUT2D eigenvalue weighted by molar-refractivity contribution is 6.01. The topological polar surface area (TPSA) is 38.3 Å². The van der Waals surface area contributed by atoms with E-state index in [0.29, 0.717) is 11.3 Å². The van der Waals surface area contributed by atoms with Crippen molar-refractivity contribution >= 4 is 5.78 Å². The maximum absolute atomic E-state index is 11.9. The molecule has 2 rings (SSSR count). The van der Waals surface area contributed by atoms with Gasteiger partial charge in [-0.2, -0.15) is 0 Å². The molecule has 1 N–H and O–H groups in total. The van der Waals surface area contributed by atoms with Crippen LogP contribution in [0, 0.1) is 5.92 Å². The van der Waals surface area contributed by atoms with Crippen molar-refractivity contribution in [2.75, 3.05) is 20.2 Å². The number of para-hydroxylation sites is 1. The molecule has 74 valence electrons. The Labute approximate surface area is 83.1 Å². The van der Waals surface area contributed by atoms with E-state index in [1.807, 2.05) is 24.3 Å². The zero-order chi connectivity index (χ0) is 9.97. The number of carbonyl (C=O) groups is 1. The Hall–Kier alpha value is -1.35. The van der Waals surface area contributed by atoms with Gasteiger partial charge in [-0.15, -0.1) is 0 Å². The summed E-state index contributed by atoms with van der Waals surface area (Å²) in [4.78, 5) is 11.9. The fourth-order valence-corrected chi connectivity index (χ4v) is 1.54. The Balaban J connectivity index is 2.25. The lowest BCUT2D eigenvalue weighted by molar-refractivity contribution is 0.0875. The second-order valence-electron chi connectivity index (χ2n) is 3.42. The molecular weight excluding hydrogens is 178 g/mol. The molecule has 3 heteroatoms. The lowest BCUT2D eigenvalue weighted by atomic mass is 9.92. The number of Topliss-reactive ketones (excluding diaryl/α,β-unsaturated/α-hetero) is 1. The first-order valence-corrected chi connectivity index (χ1v) is 4.71. The third-order valence-electron chi connectivity index (χ3n) is 2.52. The number of benzene rings is 1. The van der Waals surface area contributed by atoms with E-state index in [0.717, 1.165) is 13.1 Å². The number of ketones is 1. The molecule has 0 saturated carbocycles. The van der Waals surface area contributed by atoms with Gasteiger partial charge in [0.15, 0.2) is 5.78 Å². The van der Waals surface area contributed by atoms with Crippen LogP contribution in [0.5, 0.6) is 5.75 Å². The van der Waals surface area contributed by atoms with Crippen molar-refractivity contribution in [2.24, 2.45) is 5.92 Å². The first-order chi connectivity index (χ1) is 6.83. The average molecular weight is 191 g/mol. The van der Waals surface area contributed by atoms with Gasteiger partial charge in [0.25, 0.3) is 0 Å². The van der Waals surface area contributed by atoms with Crippen molar-refractivity contribution in [3.63, 3.8) is 0 Å². The third-order valence-corrected chi connectivity index (χ3v) is 2.52. The fourth-order valence-electron chi connectivity index (χ4n) is 1.54. The van der Waals surface area contributed by atoms with Crippen LogP contribution in [0.3, 0.4) is 0 Å². The molecule has 3 nitrogen and oxygen atoms in total. The molecule has 0 amide bonds. The molecule has 0 atom stereocenters. The van der Waals surface area contributed by atoms with E-state index in [1.54, 1.807) is 7.11 Å². The third kappa shape index (κ3) is 1.51. The Morgan fingerprint density at radius 1 is 1.43 bits per heavy atom. The van der Waals surface area contributed by atoms with Crippen LogP contribution in [-0.4, -0.2) is 26.0 Å². The first-order valence-electron chi connectivity index (χ1n) is 4.71. The maximum Gasteiger partial charge on any atom is 0.172 e. The highest BCUT2D eigenvalue weighted by Crippen LogP contribution is 2.22. The van der Waals surface area contributed by atoms with E-state index in [2.05, 4.69) is 5.32 Å². The molecule has 0 aliphatic carbocycles. The molecule has 0 aromatic heterocycles. The Morgan fingerprint density at radius 3 is 2.71 bits per heavy atom. The largest absolute Gasteiger partial charge is 0.496 e. The minimum atomic E-state index is 0.131. The molecule has 0 bridgehead atoms. The Morgan fingerprint density at radius 2 is 2.14 bits per heavy atom. The highest BCUT2D eigenvalue weighted by Gasteiger charge is 2.27. The van der Waals surface area contributed by atoms with E-state index in [4.69, 9.17) is 4.74 Å². The fraction of sp³-hybridized carbons (Fsp3) is 0.364. The van der Waals surface area contributed by atoms with Gasteiger partial charge < -0.3 is 10.1 Å². The molecule has 14 heavy (non-hydrogen) atoms. The molecule has 1 saturated heterocycles. The van der Waals surface area contributed by atoms with Gasteiger partial charge in [-0.1, -0.05) is 12.1 Å². The van der Waals surface area contributed by atoms with Crippen LogP contribution >= 0.6 is 0 Å². The number of carbonyl (C=O) groups excluding carboxylic acids is 1. The summed E-state index contributed by atoms with van der Waals surface area (Å²) >= 11 is 0. The van der Waals surface area contributed by atoms with E-state index < -0.39 is 0 Å². The second kappa shape index (κ2) is 3.80. The molecule has 0 radical (unpaired) electrons. The van der Waals surface area contributed by atoms with E-state index in [9.17, 15) is 4.79 Å². The van der Waals surface area contributed by atoms with Gasteiger partial charge in [0.1, 0.15) is 5.75 Å². The molecule has 1 aromatic carbocycles. The van der Waals surface area contributed by atoms with Gasteiger partial charge in [0.05, 0.1) is 12.7 Å². The first kappa shape index (κ1) is 9.21. The van der Waals surface area contributed by atoms with Crippen LogP contribution in [0.25, 0.3) is 0 Å². The monoisotopic (exact) mass is 191 g/mol. The summed E-state index contributed by atoms with van der Waals surface area (Å²) in [6.45, 7) is 1.58. The SMILES string of the molecule is COc1ccccc1C(=O)C1CNC1. The second-order valence-corrected chi connectivity index (χ2v) is 3.42. The lowest BCUT2D eigenvalue weighted by Crippen LogP contribution is -2.46. The van der Waals surface area contributed by atoms with Gasteiger partial charge in [-0.25, -0.2) is 0 Å². The van der Waals surface area contributed by atoms with Crippen molar-refractivity contribution in [1.29, 1.82) is 0 Å². The van der Waals surface area contributed by atoms with E-state index >= 15 is 0 Å². The van der Waals surface area contributed by atoms with Crippen LogP contribution < -0.4 is 10.1 Å². The lowest BCUT2D eigenvalue weighted by Gasteiger charge is -2.26. The predicted octanol–water partition coefficient (Wildman–Crippen LogP) is 1.10. The normalized spacial score (nSPS) is 16.1. The summed E-state index contributed by atoms with van der Waals surface area (Å²) in [6.07, 6.45) is 0. The number of hydrogen-bond donors (Lipinski definition) is 1. The molecule has 0 unspecified atom stereocenters. The molecule has 1 aliphatic heterocycles. The van der Waals surface area contributed by atoms with E-state index in [-0.39, 0.29) is 11.7 Å². The van der Waals surface area contributed by atoms with Crippen LogP contribution in [0.2, 0.25) is 0 Å². The molecule has 1 aliphatic rings. The summed E-state index contributed by atoms with van der Waals surface area (Å²) in [5.41, 5.74) is 0.696. The summed E-state index contributed by atoms with van der Waals surface area (Å²) < 4.78 is 5.14. The molecule has 1 aromatic rings. The zero-order valence-corrected chi connectivity index (χ0v) is 8.12. The Kier molecular flexibility index (Phi) is 2.50. The Bertz CT molecular complexity index is 345. The van der Waals surface area contributed by atoms with Gasteiger partial charge in [-0.3, -0.25) is 4.79 Å². The number of rotatable bonds is 3. The molecule has 1 heterocycles. The van der Waals surface area contributed by atoms with Crippen molar-refractivity contribution in [1.82, 2.24) is 5.32 Å². The predicted molar refractivity (Wildman–Crippen MR) is 53.7 cm³/mol. The van der Waals surface area contributed by atoms with Crippen molar-refractivity contribution < 1.29 is 9.53 Å². The number of nitrogens with one attached hydrogen (secondary N) is 1. The average Bonchev–Trinajstić information content (AvgIpc) is 2.15. The summed E-state index contributed by atoms with van der Waals surface area (Å²) in [5.74, 6) is 0.983. The van der Waals surface area contributed by atoms with Gasteiger partial charge in [0.2, 0.25) is 0 Å². The van der Waals surface area contributed by atoms with Gasteiger partial charge >= 0.3 is 0 Å². The highest BCUT2D eigenvalue weighted by atomic mass is 16.5. The molecule has 0 spiro atoms. The summed E-state index contributed by atoms with van der Waals surface area (Å²) in [5, 5.41) is 3.09. The van der Waals surface area contributed by atoms with Crippen molar-refractivity contribution in [3.8, 4) is 5.75 Å². The van der Waals surface area contributed by atoms with Crippen LogP contribution in [0.4, 0.5) is 0 Å². The minimum absolute atomic E-state index is 0.131. The minimum Gasteiger partial charge on any atom is -0.496 e. The zero-order valence-electron chi connectivity index (χ0n) is 8.12. The quantitative estimate of drug-likeness (QED) is 0.727. The van der Waals surface area contributed by atoms with Crippen LogP contribution in [0.1, 0.15) is 10.4 Å². The van der Waals surface area contributed by atoms with E-state index in [1.165, 1.54) is 0 Å². The number of methoxy groups -OCH3 is 1. The van der Waals surface area contributed by atoms with Crippen LogP contribution in [0.15, 0.2) is 24.3 Å².